The van der Waals surface area contributed by atoms with Gasteiger partial charge < -0.3 is 20.6 Å². The highest BCUT2D eigenvalue weighted by atomic mass is 32.2. The Kier molecular flexibility index (Phi) is 10.5. The first-order chi connectivity index (χ1) is 16.3. The van der Waals surface area contributed by atoms with Crippen molar-refractivity contribution in [1.29, 1.82) is 5.41 Å². The largest absolute Gasteiger partial charge is 0.507 e. The summed E-state index contributed by atoms with van der Waals surface area (Å²) in [7, 11) is -0.655. The number of ether oxygens (including phenoxy) is 1. The lowest BCUT2D eigenvalue weighted by molar-refractivity contribution is -0.140. The molecule has 0 heterocycles. The van der Waals surface area contributed by atoms with Crippen LogP contribution in [0.5, 0.6) is 5.75 Å². The number of aromatic hydroxyl groups is 1. The van der Waals surface area contributed by atoms with Crippen LogP contribution in [-0.2, 0) is 26.0 Å². The molecule has 0 bridgehead atoms. The lowest BCUT2D eigenvalue weighted by atomic mass is 10.1. The second-order valence-corrected chi connectivity index (χ2v) is 9.03. The molecule has 34 heavy (non-hydrogen) atoms. The SMILES string of the molecule is CNN/C(=C\C(=N)c1ccccc1O)NCCCNS(=O)(=O)c1ccc(CCC(=O)OC)cc1. The van der Waals surface area contributed by atoms with Crippen LogP contribution in [0.15, 0.2) is 65.3 Å². The van der Waals surface area contributed by atoms with E-state index in [-0.39, 0.29) is 35.3 Å². The maximum Gasteiger partial charge on any atom is 0.305 e. The highest BCUT2D eigenvalue weighted by molar-refractivity contribution is 7.89. The minimum absolute atomic E-state index is 0.0125. The molecule has 0 aliphatic rings. The number of rotatable bonds is 14. The predicted octanol–water partition coefficient (Wildman–Crippen LogP) is 1.39. The number of allylic oxidation sites excluding steroid dienone is 1. The van der Waals surface area contributed by atoms with Gasteiger partial charge in [0.2, 0.25) is 10.0 Å². The standard InChI is InChI=1S/C23H31N5O5S/c1-25-28-22(16-20(24)19-6-3-4-7-21(19)29)26-14-5-15-27-34(31,32)18-11-8-17(9-12-18)10-13-23(30)33-2/h3-4,6-9,11-12,16,24-29H,5,10,13-15H2,1-2H3/b22-16-,24-20?. The molecule has 0 amide bonds. The van der Waals surface area contributed by atoms with Crippen LogP contribution in [0.4, 0.5) is 0 Å². The number of esters is 1. The molecule has 11 heteroatoms. The van der Waals surface area contributed by atoms with Gasteiger partial charge in [0.25, 0.3) is 0 Å². The first-order valence-electron chi connectivity index (χ1n) is 10.7. The monoisotopic (exact) mass is 489 g/mol. The minimum atomic E-state index is -3.66. The van der Waals surface area contributed by atoms with Crippen molar-refractivity contribution in [2.24, 2.45) is 0 Å². The second-order valence-electron chi connectivity index (χ2n) is 7.26. The number of phenolic OH excluding ortho intramolecular Hbond substituents is 1. The zero-order valence-corrected chi connectivity index (χ0v) is 20.0. The van der Waals surface area contributed by atoms with E-state index in [2.05, 4.69) is 25.6 Å². The molecule has 10 nitrogen and oxygen atoms in total. The summed E-state index contributed by atoms with van der Waals surface area (Å²) in [5.41, 5.74) is 6.99. The minimum Gasteiger partial charge on any atom is -0.507 e. The molecule has 0 spiro atoms. The van der Waals surface area contributed by atoms with Crippen LogP contribution in [-0.4, -0.2) is 52.5 Å². The molecule has 0 saturated carbocycles. The Balaban J connectivity index is 1.84. The number of carbonyl (C=O) groups is 1. The van der Waals surface area contributed by atoms with Crippen LogP contribution in [0, 0.1) is 5.41 Å². The van der Waals surface area contributed by atoms with Crippen LogP contribution >= 0.6 is 0 Å². The number of phenols is 1. The summed E-state index contributed by atoms with van der Waals surface area (Å²) in [6, 6.07) is 13.0. The van der Waals surface area contributed by atoms with Gasteiger partial charge in [0.1, 0.15) is 11.6 Å². The van der Waals surface area contributed by atoms with Crippen LogP contribution in [0.2, 0.25) is 0 Å². The molecular weight excluding hydrogens is 458 g/mol. The van der Waals surface area contributed by atoms with Crippen molar-refractivity contribution in [2.45, 2.75) is 24.2 Å². The molecule has 184 valence electrons. The number of benzene rings is 2. The van der Waals surface area contributed by atoms with Gasteiger partial charge in [-0.25, -0.2) is 18.6 Å². The molecule has 0 saturated heterocycles. The van der Waals surface area contributed by atoms with E-state index in [4.69, 9.17) is 5.41 Å². The number of carbonyl (C=O) groups excluding carboxylic acids is 1. The number of aryl methyl sites for hydroxylation is 1. The molecule has 2 aromatic rings. The third-order valence-electron chi connectivity index (χ3n) is 4.78. The molecule has 0 aromatic heterocycles. The van der Waals surface area contributed by atoms with Crippen molar-refractivity contribution in [3.05, 3.63) is 71.6 Å². The summed E-state index contributed by atoms with van der Waals surface area (Å²) in [6.07, 6.45) is 2.73. The fourth-order valence-corrected chi connectivity index (χ4v) is 4.05. The topological polar surface area (TPSA) is 153 Å². The highest BCUT2D eigenvalue weighted by Crippen LogP contribution is 2.16. The number of hydrazine groups is 1. The van der Waals surface area contributed by atoms with E-state index >= 15 is 0 Å². The third-order valence-corrected chi connectivity index (χ3v) is 6.26. The molecule has 2 aromatic carbocycles. The van der Waals surface area contributed by atoms with E-state index in [0.717, 1.165) is 5.56 Å². The van der Waals surface area contributed by atoms with E-state index in [9.17, 15) is 18.3 Å². The molecule has 0 unspecified atom stereocenters. The van der Waals surface area contributed by atoms with E-state index in [1.165, 1.54) is 31.4 Å². The molecule has 0 radical (unpaired) electrons. The Morgan fingerprint density at radius 2 is 1.82 bits per heavy atom. The van der Waals surface area contributed by atoms with Gasteiger partial charge in [-0.05, 0) is 42.7 Å². The zero-order valence-electron chi connectivity index (χ0n) is 19.2. The van der Waals surface area contributed by atoms with Crippen LogP contribution in [0.25, 0.3) is 0 Å². The van der Waals surface area contributed by atoms with Crippen molar-refractivity contribution < 1.29 is 23.1 Å². The van der Waals surface area contributed by atoms with Crippen LogP contribution in [0.1, 0.15) is 24.0 Å². The zero-order chi connectivity index (χ0) is 25.0. The Morgan fingerprint density at radius 3 is 2.47 bits per heavy atom. The lowest BCUT2D eigenvalue weighted by Crippen LogP contribution is -2.36. The molecule has 0 fully saturated rings. The van der Waals surface area contributed by atoms with Gasteiger partial charge in [-0.15, -0.1) is 0 Å². The summed E-state index contributed by atoms with van der Waals surface area (Å²) in [5.74, 6) is 0.199. The second kappa shape index (κ2) is 13.3. The third kappa shape index (κ3) is 8.50. The van der Waals surface area contributed by atoms with Crippen LogP contribution in [0.3, 0.4) is 0 Å². The molecule has 0 aliphatic heterocycles. The Labute approximate surface area is 199 Å². The Hall–Kier alpha value is -3.41. The normalized spacial score (nSPS) is 11.6. The van der Waals surface area contributed by atoms with Gasteiger partial charge in [0.15, 0.2) is 0 Å². The van der Waals surface area contributed by atoms with Gasteiger partial charge >= 0.3 is 5.97 Å². The van der Waals surface area contributed by atoms with E-state index in [0.29, 0.717) is 30.8 Å². The van der Waals surface area contributed by atoms with E-state index in [1.54, 1.807) is 37.4 Å². The first-order valence-corrected chi connectivity index (χ1v) is 12.2. The summed E-state index contributed by atoms with van der Waals surface area (Å²) in [4.78, 5) is 11.4. The van der Waals surface area contributed by atoms with Crippen molar-refractivity contribution in [1.82, 2.24) is 20.9 Å². The van der Waals surface area contributed by atoms with E-state index < -0.39 is 10.0 Å². The predicted molar refractivity (Wildman–Crippen MR) is 130 cm³/mol. The van der Waals surface area contributed by atoms with Crippen molar-refractivity contribution in [2.75, 3.05) is 27.2 Å². The Bertz CT molecular complexity index is 1100. The molecule has 0 atom stereocenters. The van der Waals surface area contributed by atoms with Crippen molar-refractivity contribution in [3.8, 4) is 5.75 Å². The Morgan fingerprint density at radius 1 is 1.12 bits per heavy atom. The molecular formula is C23H31N5O5S. The number of methoxy groups -OCH3 is 1. The van der Waals surface area contributed by atoms with Gasteiger partial charge in [-0.1, -0.05) is 24.3 Å². The van der Waals surface area contributed by atoms with Gasteiger partial charge in [-0.3, -0.25) is 10.2 Å². The molecule has 6 N–H and O–H groups in total. The number of para-hydroxylation sites is 1. The summed E-state index contributed by atoms with van der Waals surface area (Å²) < 4.78 is 32.2. The number of hydrogen-bond acceptors (Lipinski definition) is 9. The summed E-state index contributed by atoms with van der Waals surface area (Å²) >= 11 is 0. The average molecular weight is 490 g/mol. The number of sulfonamides is 1. The highest BCUT2D eigenvalue weighted by Gasteiger charge is 2.13. The van der Waals surface area contributed by atoms with E-state index in [1.807, 2.05) is 0 Å². The maximum atomic E-state index is 12.5. The van der Waals surface area contributed by atoms with Crippen LogP contribution < -0.4 is 20.9 Å². The summed E-state index contributed by atoms with van der Waals surface area (Å²) in [5, 5.41) is 21.2. The fraction of sp³-hybridized carbons (Fsp3) is 0.304. The fourth-order valence-electron chi connectivity index (χ4n) is 2.97. The van der Waals surface area contributed by atoms with Gasteiger partial charge in [0, 0.05) is 38.2 Å². The smallest absolute Gasteiger partial charge is 0.305 e. The van der Waals surface area contributed by atoms with Crippen molar-refractivity contribution in [3.63, 3.8) is 0 Å². The molecule has 2 rings (SSSR count). The van der Waals surface area contributed by atoms with Crippen molar-refractivity contribution >= 4 is 21.7 Å². The quantitative estimate of drug-likeness (QED) is 0.101. The lowest BCUT2D eigenvalue weighted by Gasteiger charge is -2.14. The summed E-state index contributed by atoms with van der Waals surface area (Å²) in [6.45, 7) is 0.646. The number of hydrogen-bond donors (Lipinski definition) is 6. The first kappa shape index (κ1) is 26.8. The van der Waals surface area contributed by atoms with Gasteiger partial charge in [0.05, 0.1) is 17.7 Å². The van der Waals surface area contributed by atoms with Gasteiger partial charge in [-0.2, -0.15) is 0 Å². The maximum absolute atomic E-state index is 12.5. The molecule has 0 aliphatic carbocycles. The number of nitrogens with one attached hydrogen (secondary N) is 5. The average Bonchev–Trinajstić information content (AvgIpc) is 2.82.